The van der Waals surface area contributed by atoms with E-state index in [4.69, 9.17) is 4.98 Å². The van der Waals surface area contributed by atoms with Gasteiger partial charge in [-0.25, -0.2) is 9.78 Å². The summed E-state index contributed by atoms with van der Waals surface area (Å²) in [6.45, 7) is 1.60. The van der Waals surface area contributed by atoms with Gasteiger partial charge >= 0.3 is 5.69 Å². The fourth-order valence-electron chi connectivity index (χ4n) is 4.13. The lowest BCUT2D eigenvalue weighted by Gasteiger charge is -2.27. The van der Waals surface area contributed by atoms with Crippen LogP contribution in [0.1, 0.15) is 19.3 Å². The number of aromatic nitrogens is 3. The number of benzene rings is 2. The van der Waals surface area contributed by atoms with Crippen LogP contribution in [0.2, 0.25) is 0 Å². The van der Waals surface area contributed by atoms with Crippen molar-refractivity contribution in [2.45, 2.75) is 25.8 Å². The topological polar surface area (TPSA) is 59.6 Å². The first-order chi connectivity index (χ1) is 14.2. The second-order valence-corrected chi connectivity index (χ2v) is 7.51. The molecule has 0 atom stereocenters. The summed E-state index contributed by atoms with van der Waals surface area (Å²) in [7, 11) is 0. The SMILES string of the molecule is O=C(Cn1c(=O)n2cc(-c3ccccc3)nc2c2ccccc21)N1CCCCC1. The van der Waals surface area contributed by atoms with Gasteiger partial charge in [0.2, 0.25) is 5.91 Å². The van der Waals surface area contributed by atoms with Gasteiger partial charge in [0.05, 0.1) is 11.2 Å². The molecule has 0 saturated carbocycles. The zero-order valence-corrected chi connectivity index (χ0v) is 16.1. The molecule has 0 N–H and O–H groups in total. The zero-order valence-electron chi connectivity index (χ0n) is 16.1. The number of imidazole rings is 1. The molecule has 1 aliphatic heterocycles. The van der Waals surface area contributed by atoms with Gasteiger partial charge in [-0.3, -0.25) is 13.8 Å². The summed E-state index contributed by atoms with van der Waals surface area (Å²) in [5.41, 5.74) is 2.81. The Bertz CT molecular complexity index is 1250. The van der Waals surface area contributed by atoms with E-state index in [1.54, 1.807) is 15.2 Å². The normalized spacial score (nSPS) is 14.6. The first-order valence-corrected chi connectivity index (χ1v) is 10.1. The molecule has 1 aliphatic rings. The summed E-state index contributed by atoms with van der Waals surface area (Å²) in [5.74, 6) is -0.000277. The summed E-state index contributed by atoms with van der Waals surface area (Å²) in [6, 6.07) is 17.5. The predicted octanol–water partition coefficient (Wildman–Crippen LogP) is 3.33. The monoisotopic (exact) mass is 386 g/mol. The van der Waals surface area contributed by atoms with E-state index in [9.17, 15) is 9.59 Å². The molecule has 0 aliphatic carbocycles. The third-order valence-electron chi connectivity index (χ3n) is 5.65. The van der Waals surface area contributed by atoms with E-state index in [0.29, 0.717) is 5.65 Å². The van der Waals surface area contributed by atoms with Gasteiger partial charge in [-0.2, -0.15) is 0 Å². The Morgan fingerprint density at radius 3 is 2.45 bits per heavy atom. The van der Waals surface area contributed by atoms with Crippen LogP contribution >= 0.6 is 0 Å². The predicted molar refractivity (Wildman–Crippen MR) is 113 cm³/mol. The number of rotatable bonds is 3. The lowest BCUT2D eigenvalue weighted by molar-refractivity contribution is -0.132. The molecule has 0 bridgehead atoms. The Morgan fingerprint density at radius 1 is 0.931 bits per heavy atom. The highest BCUT2D eigenvalue weighted by molar-refractivity contribution is 5.93. The quantitative estimate of drug-likeness (QED) is 0.543. The summed E-state index contributed by atoms with van der Waals surface area (Å²) >= 11 is 0. The second-order valence-electron chi connectivity index (χ2n) is 7.51. The maximum Gasteiger partial charge on any atom is 0.334 e. The number of carbonyl (C=O) groups is 1. The number of piperidine rings is 1. The summed E-state index contributed by atoms with van der Waals surface area (Å²) < 4.78 is 3.14. The minimum atomic E-state index is -0.237. The smallest absolute Gasteiger partial charge is 0.334 e. The third kappa shape index (κ3) is 3.10. The molecule has 1 saturated heterocycles. The van der Waals surface area contributed by atoms with Crippen LogP contribution in [-0.2, 0) is 11.3 Å². The molecule has 3 heterocycles. The van der Waals surface area contributed by atoms with Crippen molar-refractivity contribution in [3.8, 4) is 11.3 Å². The Kier molecular flexibility index (Phi) is 4.39. The molecular formula is C23H22N4O2. The van der Waals surface area contributed by atoms with Crippen molar-refractivity contribution in [1.82, 2.24) is 18.9 Å². The van der Waals surface area contributed by atoms with E-state index in [1.807, 2.05) is 59.5 Å². The molecule has 1 amide bonds. The average Bonchev–Trinajstić information content (AvgIpc) is 3.24. The molecule has 6 heteroatoms. The maximum atomic E-state index is 13.3. The Hall–Kier alpha value is -3.41. The number of hydrogen-bond acceptors (Lipinski definition) is 3. The molecule has 0 spiro atoms. The number of nitrogens with zero attached hydrogens (tertiary/aromatic N) is 4. The van der Waals surface area contributed by atoms with Crippen molar-refractivity contribution >= 4 is 22.5 Å². The fourth-order valence-corrected chi connectivity index (χ4v) is 4.13. The van der Waals surface area contributed by atoms with Crippen molar-refractivity contribution in [2.24, 2.45) is 0 Å². The van der Waals surface area contributed by atoms with Crippen LogP contribution in [0.15, 0.2) is 65.6 Å². The van der Waals surface area contributed by atoms with Crippen LogP contribution in [-0.4, -0.2) is 37.8 Å². The number of likely N-dealkylation sites (tertiary alicyclic amines) is 1. The standard InChI is InChI=1S/C23H22N4O2/c28-21(25-13-7-2-8-14-25)16-26-20-12-6-5-11-18(20)22-24-19(15-27(22)23(26)29)17-9-3-1-4-10-17/h1,3-6,9-12,15H,2,7-8,13-14,16H2. The van der Waals surface area contributed by atoms with Crippen molar-refractivity contribution in [3.05, 3.63) is 71.3 Å². The van der Waals surface area contributed by atoms with Crippen molar-refractivity contribution in [2.75, 3.05) is 13.1 Å². The molecule has 0 unspecified atom stereocenters. The van der Waals surface area contributed by atoms with Gasteiger partial charge in [0, 0.05) is 30.2 Å². The highest BCUT2D eigenvalue weighted by Gasteiger charge is 2.20. The zero-order chi connectivity index (χ0) is 19.8. The molecule has 2 aromatic heterocycles. The number of para-hydroxylation sites is 1. The first-order valence-electron chi connectivity index (χ1n) is 10.1. The maximum absolute atomic E-state index is 13.3. The minimum absolute atomic E-state index is 0.000277. The van der Waals surface area contributed by atoms with Crippen LogP contribution in [0, 0.1) is 0 Å². The molecule has 0 radical (unpaired) electrons. The summed E-state index contributed by atoms with van der Waals surface area (Å²) in [4.78, 5) is 32.8. The van der Waals surface area contributed by atoms with Crippen molar-refractivity contribution in [1.29, 1.82) is 0 Å². The summed E-state index contributed by atoms with van der Waals surface area (Å²) in [6.07, 6.45) is 4.99. The third-order valence-corrected chi connectivity index (χ3v) is 5.65. The molecule has 146 valence electrons. The van der Waals surface area contributed by atoms with Gasteiger partial charge < -0.3 is 4.90 Å². The second kappa shape index (κ2) is 7.20. The van der Waals surface area contributed by atoms with Crippen molar-refractivity contribution in [3.63, 3.8) is 0 Å². The van der Waals surface area contributed by atoms with Crippen molar-refractivity contribution < 1.29 is 4.79 Å². The van der Waals surface area contributed by atoms with Crippen LogP contribution in [0.3, 0.4) is 0 Å². The number of fused-ring (bicyclic) bond motifs is 3. The van der Waals surface area contributed by atoms with E-state index in [-0.39, 0.29) is 18.1 Å². The molecule has 5 rings (SSSR count). The van der Waals surface area contributed by atoms with Gasteiger partial charge in [0.15, 0.2) is 5.65 Å². The lowest BCUT2D eigenvalue weighted by atomic mass is 10.1. The highest BCUT2D eigenvalue weighted by atomic mass is 16.2. The fraction of sp³-hybridized carbons (Fsp3) is 0.261. The van der Waals surface area contributed by atoms with Crippen LogP contribution in [0.5, 0.6) is 0 Å². The molecule has 29 heavy (non-hydrogen) atoms. The van der Waals surface area contributed by atoms with E-state index in [0.717, 1.165) is 54.5 Å². The Labute approximate surface area is 168 Å². The number of hydrogen-bond donors (Lipinski definition) is 0. The summed E-state index contributed by atoms with van der Waals surface area (Å²) in [5, 5.41) is 0.862. The minimum Gasteiger partial charge on any atom is -0.341 e. The largest absolute Gasteiger partial charge is 0.341 e. The molecule has 6 nitrogen and oxygen atoms in total. The van der Waals surface area contributed by atoms with E-state index >= 15 is 0 Å². The first kappa shape index (κ1) is 17.7. The van der Waals surface area contributed by atoms with Gasteiger partial charge in [-0.1, -0.05) is 42.5 Å². The Balaban J connectivity index is 1.66. The van der Waals surface area contributed by atoms with Gasteiger partial charge in [-0.15, -0.1) is 0 Å². The van der Waals surface area contributed by atoms with Gasteiger partial charge in [-0.05, 0) is 31.4 Å². The van der Waals surface area contributed by atoms with Crippen LogP contribution < -0.4 is 5.69 Å². The number of amides is 1. The molecule has 1 fully saturated rings. The lowest BCUT2D eigenvalue weighted by Crippen LogP contribution is -2.40. The Morgan fingerprint density at radius 2 is 1.66 bits per heavy atom. The average molecular weight is 386 g/mol. The van der Waals surface area contributed by atoms with E-state index < -0.39 is 0 Å². The molecule has 4 aromatic rings. The van der Waals surface area contributed by atoms with Crippen LogP contribution in [0.4, 0.5) is 0 Å². The molecular weight excluding hydrogens is 364 g/mol. The highest BCUT2D eigenvalue weighted by Crippen LogP contribution is 2.23. The van der Waals surface area contributed by atoms with Crippen LogP contribution in [0.25, 0.3) is 27.8 Å². The van der Waals surface area contributed by atoms with Gasteiger partial charge in [0.1, 0.15) is 6.54 Å². The number of carbonyl (C=O) groups excluding carboxylic acids is 1. The van der Waals surface area contributed by atoms with Gasteiger partial charge in [0.25, 0.3) is 0 Å². The van der Waals surface area contributed by atoms with E-state index in [1.165, 1.54) is 0 Å². The molecule has 2 aromatic carbocycles. The van der Waals surface area contributed by atoms with E-state index in [2.05, 4.69) is 0 Å².